The van der Waals surface area contributed by atoms with Gasteiger partial charge in [0.05, 0.1) is 17.7 Å². The number of nitrogens with zero attached hydrogens (tertiary/aromatic N) is 1. The minimum Gasteiger partial charge on any atom is -0.493 e. The Morgan fingerprint density at radius 1 is 1.04 bits per heavy atom. The molecule has 1 saturated carbocycles. The molecule has 46 heavy (non-hydrogen) atoms. The Hall–Kier alpha value is -3.93. The van der Waals surface area contributed by atoms with E-state index >= 15 is 0 Å². The predicted molar refractivity (Wildman–Crippen MR) is 169 cm³/mol. The number of hydrogen-bond acceptors (Lipinski definition) is 6. The first kappa shape index (κ1) is 34.9. The molecular formula is C33H33Cl2F3N2O6. The molecule has 1 aliphatic carbocycles. The van der Waals surface area contributed by atoms with Crippen LogP contribution >= 0.6 is 23.2 Å². The number of benzene rings is 3. The summed E-state index contributed by atoms with van der Waals surface area (Å²) in [5.74, 6) is 1.57. The van der Waals surface area contributed by atoms with Crippen LogP contribution in [-0.2, 0) is 22.3 Å². The molecule has 0 atom stereocenters. The van der Waals surface area contributed by atoms with Crippen LogP contribution in [0.25, 0.3) is 5.57 Å². The molecule has 3 aromatic rings. The van der Waals surface area contributed by atoms with Crippen LogP contribution in [0.1, 0.15) is 36.0 Å². The highest BCUT2D eigenvalue weighted by atomic mass is 35.5. The highest BCUT2D eigenvalue weighted by Gasteiger charge is 2.38. The predicted octanol–water partition coefficient (Wildman–Crippen LogP) is 7.12. The van der Waals surface area contributed by atoms with Crippen molar-refractivity contribution in [2.24, 2.45) is 0 Å². The number of hydrogen-bond donors (Lipinski definition) is 2. The monoisotopic (exact) mass is 680 g/mol. The zero-order valence-electron chi connectivity index (χ0n) is 24.9. The summed E-state index contributed by atoms with van der Waals surface area (Å²) in [6, 6.07) is 16.5. The van der Waals surface area contributed by atoms with Gasteiger partial charge in [0.2, 0.25) is 0 Å². The van der Waals surface area contributed by atoms with Crippen LogP contribution in [0.15, 0.2) is 66.2 Å². The maximum atomic E-state index is 13.9. The Morgan fingerprint density at radius 3 is 2.39 bits per heavy atom. The molecule has 5 rings (SSSR count). The number of ether oxygens (including phenoxy) is 3. The number of nitrogens with one attached hydrogen (secondary N) is 1. The van der Waals surface area contributed by atoms with Crippen molar-refractivity contribution in [3.8, 4) is 17.2 Å². The van der Waals surface area contributed by atoms with Crippen molar-refractivity contribution in [2.45, 2.75) is 38.0 Å². The number of carbonyl (C=O) groups is 2. The maximum Gasteiger partial charge on any atom is 0.417 e. The zero-order chi connectivity index (χ0) is 33.3. The lowest BCUT2D eigenvalue weighted by atomic mass is 9.93. The van der Waals surface area contributed by atoms with E-state index < -0.39 is 11.7 Å². The molecule has 246 valence electrons. The first-order valence-corrected chi connectivity index (χ1v) is 15.2. The highest BCUT2D eigenvalue weighted by Crippen LogP contribution is 2.39. The summed E-state index contributed by atoms with van der Waals surface area (Å²) >= 11 is 12.2. The molecule has 8 nitrogen and oxygen atoms in total. The summed E-state index contributed by atoms with van der Waals surface area (Å²) < 4.78 is 57.2. The van der Waals surface area contributed by atoms with E-state index in [0.717, 1.165) is 30.0 Å². The van der Waals surface area contributed by atoms with Gasteiger partial charge in [-0.3, -0.25) is 9.59 Å². The lowest BCUT2D eigenvalue weighted by Gasteiger charge is -2.29. The first-order valence-electron chi connectivity index (χ1n) is 14.4. The van der Waals surface area contributed by atoms with Crippen molar-refractivity contribution in [1.29, 1.82) is 0 Å². The maximum absolute atomic E-state index is 13.9. The van der Waals surface area contributed by atoms with Gasteiger partial charge in [-0.2, -0.15) is 13.2 Å². The molecule has 0 spiro atoms. The van der Waals surface area contributed by atoms with E-state index in [4.69, 9.17) is 47.3 Å². The number of amides is 1. The molecular weight excluding hydrogens is 648 g/mol. The highest BCUT2D eigenvalue weighted by molar-refractivity contribution is 6.32. The summed E-state index contributed by atoms with van der Waals surface area (Å²) in [6.07, 6.45) is -2.32. The van der Waals surface area contributed by atoms with Crippen molar-refractivity contribution in [1.82, 2.24) is 10.2 Å². The molecule has 0 bridgehead atoms. The lowest BCUT2D eigenvalue weighted by molar-refractivity contribution is -0.137. The van der Waals surface area contributed by atoms with Crippen molar-refractivity contribution in [3.05, 3.63) is 93.0 Å². The van der Waals surface area contributed by atoms with E-state index in [1.807, 2.05) is 24.3 Å². The van der Waals surface area contributed by atoms with Gasteiger partial charge in [0.15, 0.2) is 11.5 Å². The molecule has 2 aliphatic rings. The molecule has 0 radical (unpaired) electrons. The number of alkyl halides is 3. The summed E-state index contributed by atoms with van der Waals surface area (Å²) in [5, 5.41) is 10.3. The van der Waals surface area contributed by atoms with Crippen LogP contribution in [-0.4, -0.2) is 61.8 Å². The smallest absolute Gasteiger partial charge is 0.417 e. The quantitative estimate of drug-likeness (QED) is 0.164. The number of carboxylic acid groups (broad SMARTS) is 1. The number of methoxy groups -OCH3 is 1. The van der Waals surface area contributed by atoms with Gasteiger partial charge < -0.3 is 29.5 Å². The van der Waals surface area contributed by atoms with Crippen LogP contribution < -0.4 is 19.5 Å². The second-order valence-corrected chi connectivity index (χ2v) is 11.3. The zero-order valence-corrected chi connectivity index (χ0v) is 26.4. The minimum atomic E-state index is -4.57. The van der Waals surface area contributed by atoms with E-state index in [9.17, 15) is 18.0 Å². The molecule has 0 unspecified atom stereocenters. The van der Waals surface area contributed by atoms with E-state index in [2.05, 4.69) is 5.32 Å². The van der Waals surface area contributed by atoms with E-state index in [0.29, 0.717) is 60.6 Å². The Kier molecular flexibility index (Phi) is 12.2. The normalized spacial score (nSPS) is 14.6. The minimum absolute atomic E-state index is 0.0137. The Morgan fingerprint density at radius 2 is 1.74 bits per heavy atom. The average molecular weight is 682 g/mol. The first-order chi connectivity index (χ1) is 22.1. The Labute approximate surface area is 274 Å². The molecule has 1 aliphatic heterocycles. The average Bonchev–Trinajstić information content (AvgIpc) is 3.88. The molecule has 1 amide bonds. The molecule has 3 aromatic carbocycles. The van der Waals surface area contributed by atoms with Gasteiger partial charge >= 0.3 is 6.18 Å². The van der Waals surface area contributed by atoms with Gasteiger partial charge in [-0.15, -0.1) is 0 Å². The summed E-state index contributed by atoms with van der Waals surface area (Å²) in [5.41, 5.74) is 1.80. The van der Waals surface area contributed by atoms with E-state index in [1.54, 1.807) is 36.3 Å². The van der Waals surface area contributed by atoms with E-state index in [-0.39, 0.29) is 35.6 Å². The van der Waals surface area contributed by atoms with E-state index in [1.165, 1.54) is 6.07 Å². The topological polar surface area (TPSA) is 97.3 Å². The van der Waals surface area contributed by atoms with Crippen molar-refractivity contribution < 1.29 is 42.1 Å². The Bertz CT molecular complexity index is 1550. The number of carbonyl (C=O) groups excluding carboxylic acids is 1. The van der Waals surface area contributed by atoms with Crippen molar-refractivity contribution in [3.63, 3.8) is 0 Å². The molecule has 13 heteroatoms. The summed E-state index contributed by atoms with van der Waals surface area (Å²) in [6.45, 7) is 1.44. The fourth-order valence-corrected chi connectivity index (χ4v) is 5.52. The van der Waals surface area contributed by atoms with Crippen LogP contribution in [0.5, 0.6) is 17.2 Å². The molecule has 2 N–H and O–H groups in total. The standard InChI is InChI=1S/C32H31Cl2F3N2O4.CH2O2/c1-41-29-17-22(33)7-12-28(29)43-16-15-42-24-10-5-20(6-11-24)25-13-14-38-18-26(25)31(40)39(23-8-9-23)19-21-3-2-4-27(30(21)34)32(35,36)37;2-1-3/h2-7,10-12,17,23,38H,8-9,13-16,18-19H2,1H3;1H,(H,2,3). The SMILES string of the molecule is COc1cc(Cl)ccc1OCCOc1ccc(C2=C(C(=O)N(Cc3cccc(C(F)(F)F)c3Cl)C3CC3)CNCC2)cc1.O=CO. The molecule has 0 saturated heterocycles. The van der Waals surface area contributed by atoms with Gasteiger partial charge in [-0.25, -0.2) is 0 Å². The largest absolute Gasteiger partial charge is 0.493 e. The third kappa shape index (κ3) is 9.08. The van der Waals surface area contributed by atoms with Gasteiger partial charge in [-0.1, -0.05) is 47.5 Å². The van der Waals surface area contributed by atoms with Gasteiger partial charge in [0.1, 0.15) is 19.0 Å². The number of halogens is 5. The van der Waals surface area contributed by atoms with Gasteiger partial charge in [-0.05, 0) is 72.8 Å². The lowest BCUT2D eigenvalue weighted by Crippen LogP contribution is -2.39. The fraction of sp³-hybridized carbons (Fsp3) is 0.333. The fourth-order valence-electron chi connectivity index (χ4n) is 5.06. The third-order valence-electron chi connectivity index (χ3n) is 7.39. The summed E-state index contributed by atoms with van der Waals surface area (Å²) in [7, 11) is 1.54. The second-order valence-electron chi connectivity index (χ2n) is 10.4. The Balaban J connectivity index is 0.00000154. The van der Waals surface area contributed by atoms with Gasteiger partial charge in [0, 0.05) is 35.8 Å². The molecule has 1 fully saturated rings. The molecule has 1 heterocycles. The van der Waals surface area contributed by atoms with Crippen LogP contribution in [0.3, 0.4) is 0 Å². The van der Waals surface area contributed by atoms with Crippen molar-refractivity contribution >= 4 is 41.2 Å². The molecule has 0 aromatic heterocycles. The number of rotatable bonds is 11. The second kappa shape index (κ2) is 16.1. The summed E-state index contributed by atoms with van der Waals surface area (Å²) in [4.78, 5) is 23.9. The van der Waals surface area contributed by atoms with Crippen LogP contribution in [0, 0.1) is 0 Å². The van der Waals surface area contributed by atoms with Crippen molar-refractivity contribution in [2.75, 3.05) is 33.4 Å². The van der Waals surface area contributed by atoms with Gasteiger partial charge in [0.25, 0.3) is 12.4 Å². The van der Waals surface area contributed by atoms with Crippen LogP contribution in [0.4, 0.5) is 13.2 Å². The van der Waals surface area contributed by atoms with Crippen LogP contribution in [0.2, 0.25) is 10.0 Å². The third-order valence-corrected chi connectivity index (χ3v) is 8.07.